The number of phenols is 1. The van der Waals surface area contributed by atoms with Crippen LogP contribution in [0.2, 0.25) is 5.02 Å². The van der Waals surface area contributed by atoms with E-state index in [4.69, 9.17) is 11.6 Å². The highest BCUT2D eigenvalue weighted by atomic mass is 127. The van der Waals surface area contributed by atoms with Crippen LogP contribution < -0.4 is 5.43 Å². The molecule has 0 spiro atoms. The third-order valence-electron chi connectivity index (χ3n) is 2.55. The van der Waals surface area contributed by atoms with Gasteiger partial charge in [0, 0.05) is 9.13 Å². The van der Waals surface area contributed by atoms with Gasteiger partial charge in [-0.3, -0.25) is 4.79 Å². The Bertz CT molecular complexity index is 720. The Morgan fingerprint density at radius 1 is 1.29 bits per heavy atom. The van der Waals surface area contributed by atoms with Crippen molar-refractivity contribution in [2.45, 2.75) is 0 Å². The lowest BCUT2D eigenvalue weighted by Crippen LogP contribution is -2.18. The molecule has 0 unspecified atom stereocenters. The minimum absolute atomic E-state index is 0.131. The highest BCUT2D eigenvalue weighted by Crippen LogP contribution is 2.25. The van der Waals surface area contributed by atoms with E-state index in [0.717, 1.165) is 7.14 Å². The van der Waals surface area contributed by atoms with Gasteiger partial charge in [-0.1, -0.05) is 23.7 Å². The Morgan fingerprint density at radius 2 is 2.00 bits per heavy atom. The zero-order chi connectivity index (χ0) is 15.4. The van der Waals surface area contributed by atoms with Crippen LogP contribution >= 0.6 is 56.8 Å². The molecule has 2 N–H and O–H groups in total. The minimum Gasteiger partial charge on any atom is -0.506 e. The van der Waals surface area contributed by atoms with Gasteiger partial charge in [-0.25, -0.2) is 5.43 Å². The quantitative estimate of drug-likeness (QED) is 0.361. The average molecular weight is 526 g/mol. The topological polar surface area (TPSA) is 61.7 Å². The molecule has 0 saturated carbocycles. The van der Waals surface area contributed by atoms with Crippen molar-refractivity contribution in [3.63, 3.8) is 0 Å². The fraction of sp³-hybridized carbons (Fsp3) is 0. The number of hydrogen-bond acceptors (Lipinski definition) is 3. The number of nitrogens with zero attached hydrogens (tertiary/aromatic N) is 1. The molecule has 1 amide bonds. The lowest BCUT2D eigenvalue weighted by atomic mass is 10.2. The number of carbonyl (C=O) groups excluding carboxylic acids is 1. The number of amides is 1. The van der Waals surface area contributed by atoms with E-state index in [-0.39, 0.29) is 5.75 Å². The van der Waals surface area contributed by atoms with Gasteiger partial charge in [0.25, 0.3) is 5.91 Å². The van der Waals surface area contributed by atoms with Gasteiger partial charge < -0.3 is 5.11 Å². The normalized spacial score (nSPS) is 10.8. The summed E-state index contributed by atoms with van der Waals surface area (Å²) < 4.78 is 1.69. The summed E-state index contributed by atoms with van der Waals surface area (Å²) in [7, 11) is 0. The predicted molar refractivity (Wildman–Crippen MR) is 100 cm³/mol. The lowest BCUT2D eigenvalue weighted by Gasteiger charge is -2.04. The fourth-order valence-electron chi connectivity index (χ4n) is 1.55. The summed E-state index contributed by atoms with van der Waals surface area (Å²) in [5.41, 5.74) is 3.26. The number of phenolic OH excluding ortho intramolecular Hbond substituents is 1. The first-order valence-electron chi connectivity index (χ1n) is 5.75. The Balaban J connectivity index is 2.13. The molecule has 2 aromatic rings. The molecule has 108 valence electrons. The van der Waals surface area contributed by atoms with Crippen LogP contribution in [0.3, 0.4) is 0 Å². The van der Waals surface area contributed by atoms with Crippen LogP contribution in [-0.4, -0.2) is 17.2 Å². The van der Waals surface area contributed by atoms with Gasteiger partial charge in [0.05, 0.1) is 20.4 Å². The second kappa shape index (κ2) is 7.41. The average Bonchev–Trinajstić information content (AvgIpc) is 2.44. The second-order valence-electron chi connectivity index (χ2n) is 4.00. The molecule has 2 aromatic carbocycles. The van der Waals surface area contributed by atoms with Gasteiger partial charge in [0.15, 0.2) is 0 Å². The standard InChI is InChI=1S/C14H9ClI2N2O2/c15-11-4-2-1-3-10(11)14(21)19-18-7-8-5-9(16)6-12(17)13(8)20/h1-7,20H,(H,19,21)/b18-7-. The Morgan fingerprint density at radius 3 is 2.71 bits per heavy atom. The van der Waals surface area contributed by atoms with E-state index in [9.17, 15) is 9.90 Å². The highest BCUT2D eigenvalue weighted by Gasteiger charge is 2.08. The Hall–Kier alpha value is -0.870. The number of aromatic hydroxyl groups is 1. The van der Waals surface area contributed by atoms with Crippen LogP contribution in [0.25, 0.3) is 0 Å². The summed E-state index contributed by atoms with van der Waals surface area (Å²) in [6.07, 6.45) is 1.40. The summed E-state index contributed by atoms with van der Waals surface area (Å²) in [6.45, 7) is 0. The molecule has 0 fully saturated rings. The molecule has 0 aliphatic rings. The monoisotopic (exact) mass is 526 g/mol. The molecule has 0 aliphatic carbocycles. The molecule has 7 heteroatoms. The van der Waals surface area contributed by atoms with Crippen molar-refractivity contribution in [1.82, 2.24) is 5.43 Å². The third kappa shape index (κ3) is 4.30. The summed E-state index contributed by atoms with van der Waals surface area (Å²) in [6, 6.07) is 10.3. The number of hydrazone groups is 1. The van der Waals surface area contributed by atoms with Crippen molar-refractivity contribution in [2.75, 3.05) is 0 Å². The van der Waals surface area contributed by atoms with Gasteiger partial charge in [0.1, 0.15) is 5.75 Å². The van der Waals surface area contributed by atoms with Crippen LogP contribution in [0.4, 0.5) is 0 Å². The number of halogens is 3. The summed E-state index contributed by atoms with van der Waals surface area (Å²) in [5.74, 6) is -0.275. The smallest absolute Gasteiger partial charge is 0.272 e. The van der Waals surface area contributed by atoms with Crippen LogP contribution in [0, 0.1) is 7.14 Å². The Kier molecular flexibility index (Phi) is 5.82. The van der Waals surface area contributed by atoms with Gasteiger partial charge in [0.2, 0.25) is 0 Å². The van der Waals surface area contributed by atoms with Crippen LogP contribution in [0.1, 0.15) is 15.9 Å². The van der Waals surface area contributed by atoms with E-state index in [1.54, 1.807) is 30.3 Å². The first kappa shape index (κ1) is 16.5. The van der Waals surface area contributed by atoms with E-state index in [0.29, 0.717) is 16.1 Å². The van der Waals surface area contributed by atoms with Crippen molar-refractivity contribution in [2.24, 2.45) is 5.10 Å². The number of hydrogen-bond donors (Lipinski definition) is 2. The molecule has 0 aromatic heterocycles. The van der Waals surface area contributed by atoms with Crippen LogP contribution in [-0.2, 0) is 0 Å². The number of carbonyl (C=O) groups is 1. The third-order valence-corrected chi connectivity index (χ3v) is 4.32. The molecule has 2 rings (SSSR count). The SMILES string of the molecule is O=C(N/N=C\c1cc(I)cc(I)c1O)c1ccccc1Cl. The lowest BCUT2D eigenvalue weighted by molar-refractivity contribution is 0.0955. The number of nitrogens with one attached hydrogen (secondary N) is 1. The van der Waals surface area contributed by atoms with Crippen molar-refractivity contribution >= 4 is 68.9 Å². The molecule has 0 heterocycles. The number of benzene rings is 2. The summed E-state index contributed by atoms with van der Waals surface area (Å²) in [5, 5.41) is 14.1. The molecule has 4 nitrogen and oxygen atoms in total. The largest absolute Gasteiger partial charge is 0.506 e. The summed E-state index contributed by atoms with van der Waals surface area (Å²) >= 11 is 10.1. The van der Waals surface area contributed by atoms with Crippen LogP contribution in [0.15, 0.2) is 41.5 Å². The molecular weight excluding hydrogens is 517 g/mol. The molecule has 0 bridgehead atoms. The molecule has 0 saturated heterocycles. The van der Waals surface area contributed by atoms with Gasteiger partial charge >= 0.3 is 0 Å². The van der Waals surface area contributed by atoms with E-state index >= 15 is 0 Å². The second-order valence-corrected chi connectivity index (χ2v) is 6.82. The maximum Gasteiger partial charge on any atom is 0.272 e. The van der Waals surface area contributed by atoms with E-state index in [1.165, 1.54) is 6.21 Å². The maximum absolute atomic E-state index is 11.9. The molecule has 0 radical (unpaired) electrons. The zero-order valence-corrected chi connectivity index (χ0v) is 15.5. The molecule has 0 aliphatic heterocycles. The van der Waals surface area contributed by atoms with E-state index in [2.05, 4.69) is 33.1 Å². The first-order valence-corrected chi connectivity index (χ1v) is 8.28. The maximum atomic E-state index is 11.9. The molecule has 21 heavy (non-hydrogen) atoms. The van der Waals surface area contributed by atoms with Crippen molar-refractivity contribution in [3.05, 3.63) is 59.7 Å². The van der Waals surface area contributed by atoms with Gasteiger partial charge in [-0.05, 0) is 69.4 Å². The predicted octanol–water partition coefficient (Wildman–Crippen LogP) is 4.02. The minimum atomic E-state index is -0.406. The van der Waals surface area contributed by atoms with Crippen molar-refractivity contribution < 1.29 is 9.90 Å². The molecular formula is C14H9ClI2N2O2. The van der Waals surface area contributed by atoms with E-state index < -0.39 is 5.91 Å². The Labute approximate surface area is 153 Å². The summed E-state index contributed by atoms with van der Waals surface area (Å²) in [4.78, 5) is 11.9. The van der Waals surface area contributed by atoms with E-state index in [1.807, 2.05) is 28.7 Å². The highest BCUT2D eigenvalue weighted by molar-refractivity contribution is 14.1. The van der Waals surface area contributed by atoms with Gasteiger partial charge in [-0.15, -0.1) is 0 Å². The van der Waals surface area contributed by atoms with Crippen molar-refractivity contribution in [1.29, 1.82) is 0 Å². The number of rotatable bonds is 3. The fourth-order valence-corrected chi connectivity index (χ4v) is 3.66. The molecule has 0 atom stereocenters. The first-order chi connectivity index (χ1) is 9.99. The van der Waals surface area contributed by atoms with Crippen molar-refractivity contribution in [3.8, 4) is 5.75 Å². The van der Waals surface area contributed by atoms with Crippen LogP contribution in [0.5, 0.6) is 5.75 Å². The zero-order valence-electron chi connectivity index (χ0n) is 10.5. The van der Waals surface area contributed by atoms with Gasteiger partial charge in [-0.2, -0.15) is 5.10 Å².